The number of ether oxygens (including phenoxy) is 1. The van der Waals surface area contributed by atoms with Crippen molar-refractivity contribution in [3.05, 3.63) is 41.7 Å². The van der Waals surface area contributed by atoms with Gasteiger partial charge in [0.2, 0.25) is 0 Å². The van der Waals surface area contributed by atoms with Gasteiger partial charge in [0.05, 0.1) is 23.8 Å². The van der Waals surface area contributed by atoms with Crippen molar-refractivity contribution in [1.82, 2.24) is 14.5 Å². The summed E-state index contributed by atoms with van der Waals surface area (Å²) in [6, 6.07) is 6.37. The normalized spacial score (nSPS) is 11.8. The van der Waals surface area contributed by atoms with Gasteiger partial charge in [0, 0.05) is 48.7 Å². The molecule has 0 atom stereocenters. The van der Waals surface area contributed by atoms with E-state index in [1.165, 1.54) is 43.7 Å². The van der Waals surface area contributed by atoms with Crippen molar-refractivity contribution in [3.8, 4) is 5.75 Å². The Labute approximate surface area is 178 Å². The topological polar surface area (TPSA) is 42.3 Å². The maximum atomic E-state index is 5.78. The first-order chi connectivity index (χ1) is 14.5. The van der Waals surface area contributed by atoms with E-state index in [-0.39, 0.29) is 0 Å². The van der Waals surface area contributed by atoms with E-state index in [0.717, 1.165) is 37.6 Å². The minimum atomic E-state index is 0.876. The van der Waals surface area contributed by atoms with Crippen LogP contribution in [0.25, 0.3) is 32.6 Å². The van der Waals surface area contributed by atoms with Gasteiger partial charge in [-0.25, -0.2) is 0 Å². The second-order valence-corrected chi connectivity index (χ2v) is 7.94. The van der Waals surface area contributed by atoms with Gasteiger partial charge in [-0.1, -0.05) is 13.8 Å². The lowest BCUT2D eigenvalue weighted by Crippen LogP contribution is -2.28. The first-order valence-corrected chi connectivity index (χ1v) is 10.8. The monoisotopic (exact) mass is 404 g/mol. The average Bonchev–Trinajstić information content (AvgIpc) is 3.08. The van der Waals surface area contributed by atoms with Crippen molar-refractivity contribution in [2.24, 2.45) is 7.05 Å². The molecule has 1 N–H and O–H groups in total. The highest BCUT2D eigenvalue weighted by Crippen LogP contribution is 2.43. The number of benzene rings is 2. The zero-order valence-electron chi connectivity index (χ0n) is 19.0. The molecule has 0 saturated heterocycles. The number of hydrogen-bond acceptors (Lipinski definition) is 4. The fourth-order valence-electron chi connectivity index (χ4n) is 4.82. The lowest BCUT2D eigenvalue weighted by atomic mass is 9.96. The van der Waals surface area contributed by atoms with Gasteiger partial charge in [-0.2, -0.15) is 0 Å². The number of hydrogen-bond donors (Lipinski definition) is 1. The first kappa shape index (κ1) is 20.5. The fourth-order valence-corrected chi connectivity index (χ4v) is 4.82. The van der Waals surface area contributed by atoms with Gasteiger partial charge in [-0.3, -0.25) is 4.98 Å². The van der Waals surface area contributed by atoms with Crippen LogP contribution in [-0.4, -0.2) is 47.7 Å². The molecule has 0 aliphatic rings. The van der Waals surface area contributed by atoms with Crippen molar-refractivity contribution in [2.45, 2.75) is 27.7 Å². The van der Waals surface area contributed by atoms with Crippen LogP contribution in [0.5, 0.6) is 5.75 Å². The highest BCUT2D eigenvalue weighted by Gasteiger charge is 2.21. The van der Waals surface area contributed by atoms with E-state index >= 15 is 0 Å². The Morgan fingerprint density at radius 3 is 2.50 bits per heavy atom. The molecule has 0 fully saturated rings. The molecule has 0 bridgehead atoms. The number of aromatic nitrogens is 2. The Morgan fingerprint density at radius 1 is 1.03 bits per heavy atom. The van der Waals surface area contributed by atoms with E-state index in [9.17, 15) is 0 Å². The predicted octanol–water partition coefficient (Wildman–Crippen LogP) is 5.26. The van der Waals surface area contributed by atoms with Crippen LogP contribution in [0.1, 0.15) is 25.0 Å². The standard InChI is InChI=1S/C25H32N4O/c1-7-29(8-2)14-13-27-24-21(30-6)10-9-20-23(24)22-16(3)19-15-26-12-11-18(19)17(4)25(22)28(20)5/h9-12,15,27H,7-8,13-14H2,1-6H3. The third-order valence-corrected chi connectivity index (χ3v) is 6.53. The lowest BCUT2D eigenvalue weighted by Gasteiger charge is -2.20. The fraction of sp³-hybridized carbons (Fsp3) is 0.400. The van der Waals surface area contributed by atoms with E-state index in [0.29, 0.717) is 0 Å². The van der Waals surface area contributed by atoms with Crippen LogP contribution in [0.15, 0.2) is 30.6 Å². The minimum absolute atomic E-state index is 0.876. The molecule has 0 saturated carbocycles. The summed E-state index contributed by atoms with van der Waals surface area (Å²) >= 11 is 0. The Bertz CT molecular complexity index is 1220. The number of anilines is 1. The SMILES string of the molecule is CCN(CC)CCNc1c(OC)ccc2c1c1c(C)c3cnccc3c(C)c1n2C. The van der Waals surface area contributed by atoms with Crippen molar-refractivity contribution >= 4 is 38.3 Å². The predicted molar refractivity (Wildman–Crippen MR) is 128 cm³/mol. The van der Waals surface area contributed by atoms with Gasteiger partial charge in [-0.15, -0.1) is 0 Å². The van der Waals surface area contributed by atoms with Crippen molar-refractivity contribution in [1.29, 1.82) is 0 Å². The van der Waals surface area contributed by atoms with E-state index in [1.54, 1.807) is 7.11 Å². The molecule has 0 radical (unpaired) electrons. The van der Waals surface area contributed by atoms with Gasteiger partial charge >= 0.3 is 0 Å². The van der Waals surface area contributed by atoms with E-state index in [2.05, 4.69) is 72.7 Å². The average molecular weight is 405 g/mol. The van der Waals surface area contributed by atoms with Crippen LogP contribution < -0.4 is 10.1 Å². The summed E-state index contributed by atoms with van der Waals surface area (Å²) in [4.78, 5) is 6.83. The third kappa shape index (κ3) is 3.08. The zero-order chi connectivity index (χ0) is 21.4. The molecular formula is C25H32N4O. The quantitative estimate of drug-likeness (QED) is 0.456. The van der Waals surface area contributed by atoms with Crippen LogP contribution in [0, 0.1) is 13.8 Å². The largest absolute Gasteiger partial charge is 0.495 e. The molecule has 158 valence electrons. The van der Waals surface area contributed by atoms with Crippen molar-refractivity contribution in [2.75, 3.05) is 38.6 Å². The summed E-state index contributed by atoms with van der Waals surface area (Å²) < 4.78 is 8.10. The summed E-state index contributed by atoms with van der Waals surface area (Å²) in [6.07, 6.45) is 3.87. The molecule has 0 aliphatic heterocycles. The number of methoxy groups -OCH3 is 1. The Morgan fingerprint density at radius 2 is 1.80 bits per heavy atom. The maximum Gasteiger partial charge on any atom is 0.142 e. The van der Waals surface area contributed by atoms with Gasteiger partial charge in [0.15, 0.2) is 0 Å². The Hall–Kier alpha value is -2.79. The Balaban J connectivity index is 2.00. The van der Waals surface area contributed by atoms with Crippen LogP contribution in [0.4, 0.5) is 5.69 Å². The summed E-state index contributed by atoms with van der Waals surface area (Å²) in [7, 11) is 3.91. The zero-order valence-corrected chi connectivity index (χ0v) is 19.0. The van der Waals surface area contributed by atoms with E-state index < -0.39 is 0 Å². The first-order valence-electron chi connectivity index (χ1n) is 10.8. The number of pyridine rings is 1. The summed E-state index contributed by atoms with van der Waals surface area (Å²) in [5, 5.41) is 8.71. The highest BCUT2D eigenvalue weighted by molar-refractivity contribution is 6.21. The molecule has 2 aromatic carbocycles. The van der Waals surface area contributed by atoms with Crippen LogP contribution in [0.3, 0.4) is 0 Å². The van der Waals surface area contributed by atoms with Crippen LogP contribution in [-0.2, 0) is 7.05 Å². The summed E-state index contributed by atoms with van der Waals surface area (Å²) in [5.41, 5.74) is 6.13. The molecule has 4 aromatic rings. The molecule has 0 amide bonds. The number of fused-ring (bicyclic) bond motifs is 4. The number of aryl methyl sites for hydroxylation is 3. The maximum absolute atomic E-state index is 5.78. The minimum Gasteiger partial charge on any atom is -0.495 e. The number of nitrogens with one attached hydrogen (secondary N) is 1. The lowest BCUT2D eigenvalue weighted by molar-refractivity contribution is 0.316. The highest BCUT2D eigenvalue weighted by atomic mass is 16.5. The third-order valence-electron chi connectivity index (χ3n) is 6.53. The van der Waals surface area contributed by atoms with E-state index in [4.69, 9.17) is 4.74 Å². The molecule has 0 unspecified atom stereocenters. The molecule has 30 heavy (non-hydrogen) atoms. The molecule has 5 heteroatoms. The van der Waals surface area contributed by atoms with Gasteiger partial charge in [0.1, 0.15) is 5.75 Å². The van der Waals surface area contributed by atoms with Crippen molar-refractivity contribution < 1.29 is 4.74 Å². The van der Waals surface area contributed by atoms with Gasteiger partial charge in [-0.05, 0) is 61.6 Å². The van der Waals surface area contributed by atoms with Crippen LogP contribution in [0.2, 0.25) is 0 Å². The molecular weight excluding hydrogens is 372 g/mol. The number of likely N-dealkylation sites (N-methyl/N-ethyl adjacent to an activating group) is 1. The molecule has 5 nitrogen and oxygen atoms in total. The summed E-state index contributed by atoms with van der Waals surface area (Å²) in [6.45, 7) is 12.8. The molecule has 4 rings (SSSR count). The molecule has 2 aromatic heterocycles. The second kappa shape index (κ2) is 8.15. The number of rotatable bonds is 7. The van der Waals surface area contributed by atoms with E-state index in [1.807, 2.05) is 12.4 Å². The molecule has 2 heterocycles. The molecule has 0 spiro atoms. The second-order valence-electron chi connectivity index (χ2n) is 7.94. The van der Waals surface area contributed by atoms with Gasteiger partial charge in [0.25, 0.3) is 0 Å². The van der Waals surface area contributed by atoms with Gasteiger partial charge < -0.3 is 19.5 Å². The van der Waals surface area contributed by atoms with Crippen molar-refractivity contribution in [3.63, 3.8) is 0 Å². The molecule has 0 aliphatic carbocycles. The smallest absolute Gasteiger partial charge is 0.142 e. The van der Waals surface area contributed by atoms with Crippen LogP contribution >= 0.6 is 0 Å². The number of nitrogens with zero attached hydrogens (tertiary/aromatic N) is 3. The Kier molecular flexibility index (Phi) is 5.56. The summed E-state index contributed by atoms with van der Waals surface area (Å²) in [5.74, 6) is 0.887.